The molecule has 6 nitrogen and oxygen atoms in total. The number of aromatic nitrogens is 2. The summed E-state index contributed by atoms with van der Waals surface area (Å²) in [7, 11) is 0. The second-order valence-corrected chi connectivity index (χ2v) is 5.31. The van der Waals surface area contributed by atoms with Crippen LogP contribution in [0.25, 0.3) is 0 Å². The molecular formula is C10H15ClN4O2S. The molecule has 2 rings (SSSR count). The molecule has 0 N–H and O–H groups in total. The maximum absolute atomic E-state index is 11.5. The zero-order chi connectivity index (χ0) is 13.0. The fourth-order valence-electron chi connectivity index (χ4n) is 1.81. The Morgan fingerprint density at radius 1 is 1.44 bits per heavy atom. The van der Waals surface area contributed by atoms with Gasteiger partial charge < -0.3 is 9.64 Å². The van der Waals surface area contributed by atoms with Crippen LogP contribution in [0.15, 0.2) is 0 Å². The molecule has 0 bridgehead atoms. The van der Waals surface area contributed by atoms with Crippen molar-refractivity contribution in [2.75, 3.05) is 32.8 Å². The van der Waals surface area contributed by atoms with Crippen LogP contribution in [-0.4, -0.2) is 58.3 Å². The lowest BCUT2D eigenvalue weighted by molar-refractivity contribution is 0.0775. The largest absolute Gasteiger partial charge is 0.450 e. The zero-order valence-electron chi connectivity index (χ0n) is 10.1. The highest BCUT2D eigenvalue weighted by Crippen LogP contribution is 2.19. The first-order valence-electron chi connectivity index (χ1n) is 5.81. The van der Waals surface area contributed by atoms with E-state index in [1.54, 1.807) is 4.90 Å². The Bertz CT molecular complexity index is 406. The van der Waals surface area contributed by atoms with E-state index in [-0.39, 0.29) is 6.09 Å². The Hall–Kier alpha value is -0.920. The van der Waals surface area contributed by atoms with Gasteiger partial charge in [0.2, 0.25) is 0 Å². The van der Waals surface area contributed by atoms with Gasteiger partial charge in [-0.1, -0.05) is 16.1 Å². The summed E-state index contributed by atoms with van der Waals surface area (Å²) >= 11 is 7.16. The molecule has 8 heteroatoms. The van der Waals surface area contributed by atoms with Gasteiger partial charge in [-0.25, -0.2) is 4.79 Å². The lowest BCUT2D eigenvalue weighted by atomic mass is 10.3. The van der Waals surface area contributed by atoms with Gasteiger partial charge in [-0.15, -0.1) is 5.10 Å². The van der Waals surface area contributed by atoms with Crippen molar-refractivity contribution in [2.24, 2.45) is 0 Å². The highest BCUT2D eigenvalue weighted by Gasteiger charge is 2.22. The van der Waals surface area contributed by atoms with E-state index < -0.39 is 0 Å². The van der Waals surface area contributed by atoms with Crippen LogP contribution in [0.3, 0.4) is 0 Å². The maximum atomic E-state index is 11.5. The van der Waals surface area contributed by atoms with Crippen molar-refractivity contribution in [2.45, 2.75) is 13.5 Å². The predicted octanol–water partition coefficient (Wildman–Crippen LogP) is 1.47. The zero-order valence-corrected chi connectivity index (χ0v) is 11.7. The Kier molecular flexibility index (Phi) is 4.73. The second-order valence-electron chi connectivity index (χ2n) is 3.96. The third kappa shape index (κ3) is 3.30. The standard InChI is InChI=1S/C10H15ClN4O2S/c1-2-17-10(16)15-5-3-14(4-6-15)7-8-9(11)18-13-12-8/h2-7H2,1H3. The van der Waals surface area contributed by atoms with Crippen LogP contribution >= 0.6 is 23.1 Å². The van der Waals surface area contributed by atoms with Gasteiger partial charge in [0.25, 0.3) is 0 Å². The van der Waals surface area contributed by atoms with E-state index in [1.807, 2.05) is 6.92 Å². The highest BCUT2D eigenvalue weighted by atomic mass is 35.5. The Labute approximate surface area is 115 Å². The average Bonchev–Trinajstić information content (AvgIpc) is 2.76. The minimum absolute atomic E-state index is 0.231. The molecule has 1 aromatic heterocycles. The molecule has 2 heterocycles. The van der Waals surface area contributed by atoms with E-state index in [0.29, 0.717) is 30.6 Å². The molecule has 0 aromatic carbocycles. The van der Waals surface area contributed by atoms with Gasteiger partial charge in [0, 0.05) is 44.3 Å². The first-order chi connectivity index (χ1) is 8.70. The van der Waals surface area contributed by atoms with Gasteiger partial charge >= 0.3 is 6.09 Å². The second kappa shape index (κ2) is 6.31. The van der Waals surface area contributed by atoms with Gasteiger partial charge in [-0.2, -0.15) is 0 Å². The van der Waals surface area contributed by atoms with Crippen LogP contribution < -0.4 is 0 Å². The third-order valence-corrected chi connectivity index (χ3v) is 3.77. The van der Waals surface area contributed by atoms with Crippen molar-refractivity contribution in [3.05, 3.63) is 10.0 Å². The number of piperazine rings is 1. The fourth-order valence-corrected chi connectivity index (χ4v) is 2.42. The van der Waals surface area contributed by atoms with Crippen molar-refractivity contribution < 1.29 is 9.53 Å². The first kappa shape index (κ1) is 13.5. The molecule has 0 atom stereocenters. The van der Waals surface area contributed by atoms with Gasteiger partial charge in [-0.05, 0) is 6.92 Å². The van der Waals surface area contributed by atoms with Crippen molar-refractivity contribution in [3.8, 4) is 0 Å². The van der Waals surface area contributed by atoms with E-state index in [1.165, 1.54) is 11.5 Å². The molecule has 0 saturated carbocycles. The lowest BCUT2D eigenvalue weighted by Crippen LogP contribution is -2.48. The molecule has 100 valence electrons. The van der Waals surface area contributed by atoms with E-state index in [9.17, 15) is 4.79 Å². The lowest BCUT2D eigenvalue weighted by Gasteiger charge is -2.33. The normalized spacial score (nSPS) is 16.9. The number of carbonyl (C=O) groups is 1. The molecule has 1 amide bonds. The van der Waals surface area contributed by atoms with E-state index in [2.05, 4.69) is 14.5 Å². The SMILES string of the molecule is CCOC(=O)N1CCN(Cc2nnsc2Cl)CC1. The summed E-state index contributed by atoms with van der Waals surface area (Å²) in [5.74, 6) is 0. The Morgan fingerprint density at radius 2 is 2.17 bits per heavy atom. The number of carbonyl (C=O) groups excluding carboxylic acids is 1. The van der Waals surface area contributed by atoms with E-state index in [4.69, 9.17) is 16.3 Å². The summed E-state index contributed by atoms with van der Waals surface area (Å²) in [5.41, 5.74) is 0.811. The van der Waals surface area contributed by atoms with Crippen LogP contribution in [0.2, 0.25) is 4.34 Å². The van der Waals surface area contributed by atoms with Gasteiger partial charge in [-0.3, -0.25) is 4.90 Å². The summed E-state index contributed by atoms with van der Waals surface area (Å²) in [6, 6.07) is 0. The van der Waals surface area contributed by atoms with Gasteiger partial charge in [0.1, 0.15) is 10.0 Å². The fraction of sp³-hybridized carbons (Fsp3) is 0.700. The summed E-state index contributed by atoms with van der Waals surface area (Å²) in [6.07, 6.45) is -0.231. The molecule has 1 aromatic rings. The molecule has 0 radical (unpaired) electrons. The number of hydrogen-bond acceptors (Lipinski definition) is 6. The van der Waals surface area contributed by atoms with Crippen LogP contribution in [0, 0.1) is 0 Å². The summed E-state index contributed by atoms with van der Waals surface area (Å²) in [6.45, 7) is 5.86. The number of amides is 1. The molecule has 18 heavy (non-hydrogen) atoms. The number of rotatable bonds is 3. The summed E-state index contributed by atoms with van der Waals surface area (Å²) in [5, 5.41) is 3.98. The van der Waals surface area contributed by atoms with Crippen LogP contribution in [-0.2, 0) is 11.3 Å². The number of ether oxygens (including phenoxy) is 1. The molecule has 1 fully saturated rings. The molecule has 0 aliphatic carbocycles. The smallest absolute Gasteiger partial charge is 0.409 e. The average molecular weight is 291 g/mol. The first-order valence-corrected chi connectivity index (χ1v) is 6.96. The van der Waals surface area contributed by atoms with Crippen molar-refractivity contribution in [1.29, 1.82) is 0 Å². The Balaban J connectivity index is 1.80. The van der Waals surface area contributed by atoms with Crippen LogP contribution in [0.4, 0.5) is 4.79 Å². The molecule has 0 unspecified atom stereocenters. The third-order valence-electron chi connectivity index (χ3n) is 2.78. The highest BCUT2D eigenvalue weighted by molar-refractivity contribution is 7.10. The van der Waals surface area contributed by atoms with Gasteiger partial charge in [0.05, 0.1) is 6.61 Å². The maximum Gasteiger partial charge on any atom is 0.409 e. The number of halogens is 1. The minimum atomic E-state index is -0.231. The predicted molar refractivity (Wildman–Crippen MR) is 68.8 cm³/mol. The van der Waals surface area contributed by atoms with Crippen molar-refractivity contribution in [1.82, 2.24) is 19.4 Å². The van der Waals surface area contributed by atoms with Crippen LogP contribution in [0.5, 0.6) is 0 Å². The van der Waals surface area contributed by atoms with Crippen molar-refractivity contribution in [3.63, 3.8) is 0 Å². The summed E-state index contributed by atoms with van der Waals surface area (Å²) in [4.78, 5) is 15.4. The molecule has 1 saturated heterocycles. The van der Waals surface area contributed by atoms with Gasteiger partial charge in [0.15, 0.2) is 0 Å². The monoisotopic (exact) mass is 290 g/mol. The van der Waals surface area contributed by atoms with E-state index in [0.717, 1.165) is 18.8 Å². The number of hydrogen-bond donors (Lipinski definition) is 0. The molecular weight excluding hydrogens is 276 g/mol. The quantitative estimate of drug-likeness (QED) is 0.844. The van der Waals surface area contributed by atoms with Crippen molar-refractivity contribution >= 4 is 29.2 Å². The van der Waals surface area contributed by atoms with E-state index >= 15 is 0 Å². The molecule has 0 spiro atoms. The summed E-state index contributed by atoms with van der Waals surface area (Å²) < 4.78 is 9.41. The Morgan fingerprint density at radius 3 is 2.72 bits per heavy atom. The molecule has 1 aliphatic rings. The number of nitrogens with zero attached hydrogens (tertiary/aromatic N) is 4. The topological polar surface area (TPSA) is 58.6 Å². The molecule has 1 aliphatic heterocycles. The van der Waals surface area contributed by atoms with Crippen LogP contribution in [0.1, 0.15) is 12.6 Å². The minimum Gasteiger partial charge on any atom is -0.450 e.